The first-order valence-electron chi connectivity index (χ1n) is 16.6. The van der Waals surface area contributed by atoms with Crippen molar-refractivity contribution >= 4 is 54.3 Å². The van der Waals surface area contributed by atoms with E-state index in [1.807, 2.05) is 30.3 Å². The van der Waals surface area contributed by atoms with Crippen LogP contribution in [0.5, 0.6) is 0 Å². The van der Waals surface area contributed by atoms with Crippen LogP contribution in [0.3, 0.4) is 0 Å². The smallest absolute Gasteiger partial charge is 0.160 e. The Labute approximate surface area is 282 Å². The van der Waals surface area contributed by atoms with E-state index < -0.39 is 0 Å². The molecule has 0 aliphatic rings. The average molecular weight is 625 g/mol. The zero-order chi connectivity index (χ0) is 32.3. The van der Waals surface area contributed by atoms with Gasteiger partial charge in [-0.05, 0) is 79.8 Å². The zero-order valence-electron chi connectivity index (χ0n) is 26.5. The van der Waals surface area contributed by atoms with E-state index in [0.717, 1.165) is 61.1 Å². The predicted molar refractivity (Wildman–Crippen MR) is 204 cm³/mol. The maximum Gasteiger partial charge on any atom is 0.160 e. The first kappa shape index (κ1) is 27.5. The van der Waals surface area contributed by atoms with E-state index in [-0.39, 0.29) is 0 Å². The van der Waals surface area contributed by atoms with Crippen molar-refractivity contribution in [3.05, 3.63) is 170 Å². The highest BCUT2D eigenvalue weighted by Crippen LogP contribution is 2.41. The molecule has 10 rings (SSSR count). The molecule has 0 saturated carbocycles. The molecule has 0 spiro atoms. The molecule has 0 atom stereocenters. The largest absolute Gasteiger partial charge is 0.456 e. The molecule has 2 heterocycles. The minimum Gasteiger partial charge on any atom is -0.456 e. The zero-order valence-corrected chi connectivity index (χ0v) is 26.5. The van der Waals surface area contributed by atoms with Crippen LogP contribution in [0.1, 0.15) is 0 Å². The maximum absolute atomic E-state index is 6.12. The Bertz CT molecular complexity index is 2890. The molecule has 0 amide bonds. The van der Waals surface area contributed by atoms with Gasteiger partial charge in [0.05, 0.1) is 11.4 Å². The van der Waals surface area contributed by atoms with Gasteiger partial charge in [0.25, 0.3) is 0 Å². The van der Waals surface area contributed by atoms with Crippen molar-refractivity contribution in [2.24, 2.45) is 0 Å². The summed E-state index contributed by atoms with van der Waals surface area (Å²) in [6, 6.07) is 59.8. The van der Waals surface area contributed by atoms with Gasteiger partial charge < -0.3 is 4.42 Å². The summed E-state index contributed by atoms with van der Waals surface area (Å²) in [6.07, 6.45) is 0. The van der Waals surface area contributed by atoms with Crippen molar-refractivity contribution < 1.29 is 4.42 Å². The third-order valence-electron chi connectivity index (χ3n) is 9.64. The maximum atomic E-state index is 6.12. The molecule has 3 nitrogen and oxygen atoms in total. The second-order valence-corrected chi connectivity index (χ2v) is 12.6. The van der Waals surface area contributed by atoms with Crippen LogP contribution in [-0.4, -0.2) is 9.97 Å². The van der Waals surface area contributed by atoms with Crippen molar-refractivity contribution in [2.75, 3.05) is 0 Å². The molecule has 0 saturated heterocycles. The van der Waals surface area contributed by atoms with E-state index in [1.54, 1.807) is 0 Å². The number of benzene rings is 8. The number of para-hydroxylation sites is 1. The number of nitrogens with zero attached hydrogens (tertiary/aromatic N) is 2. The lowest BCUT2D eigenvalue weighted by molar-refractivity contribution is 0.669. The topological polar surface area (TPSA) is 38.9 Å². The van der Waals surface area contributed by atoms with Crippen LogP contribution in [0.15, 0.2) is 174 Å². The minimum atomic E-state index is 0.700. The van der Waals surface area contributed by atoms with Crippen molar-refractivity contribution in [3.63, 3.8) is 0 Å². The normalized spacial score (nSPS) is 11.7. The monoisotopic (exact) mass is 624 g/mol. The van der Waals surface area contributed by atoms with Crippen LogP contribution >= 0.6 is 0 Å². The highest BCUT2D eigenvalue weighted by Gasteiger charge is 2.18. The standard InChI is InChI=1S/C46H28N2O/c1-2-12-30(13-3-1)46-47-40(34-16-10-15-31(25-34)32-23-24-43-39(27-32)38-19-8-9-20-42(38)49-43)28-41(48-46)45-37-18-7-5-14-33(37)26-35-22-21-29-11-4-6-17-36(29)44(35)45/h1-28H. The number of hydrogen-bond donors (Lipinski definition) is 0. The molecule has 3 heteroatoms. The van der Waals surface area contributed by atoms with Crippen molar-refractivity contribution in [3.8, 4) is 45.0 Å². The molecule has 8 aromatic carbocycles. The molecule has 228 valence electrons. The van der Waals surface area contributed by atoms with Crippen LogP contribution in [0.25, 0.3) is 99.3 Å². The molecule has 10 aromatic rings. The fraction of sp³-hybridized carbons (Fsp3) is 0. The Morgan fingerprint density at radius 3 is 1.90 bits per heavy atom. The van der Waals surface area contributed by atoms with Gasteiger partial charge in [-0.25, -0.2) is 9.97 Å². The summed E-state index contributed by atoms with van der Waals surface area (Å²) >= 11 is 0. The van der Waals surface area contributed by atoms with Crippen LogP contribution in [-0.2, 0) is 0 Å². The van der Waals surface area contributed by atoms with Gasteiger partial charge in [0.2, 0.25) is 0 Å². The Morgan fingerprint density at radius 2 is 1.00 bits per heavy atom. The van der Waals surface area contributed by atoms with E-state index in [0.29, 0.717) is 5.82 Å². The van der Waals surface area contributed by atoms with Gasteiger partial charge in [0.15, 0.2) is 5.82 Å². The van der Waals surface area contributed by atoms with Crippen molar-refractivity contribution in [2.45, 2.75) is 0 Å². The first-order chi connectivity index (χ1) is 24.3. The van der Waals surface area contributed by atoms with E-state index in [2.05, 4.69) is 140 Å². The van der Waals surface area contributed by atoms with E-state index >= 15 is 0 Å². The molecule has 0 aliphatic carbocycles. The summed E-state index contributed by atoms with van der Waals surface area (Å²) in [4.78, 5) is 10.5. The Morgan fingerprint density at radius 1 is 0.347 bits per heavy atom. The molecule has 0 unspecified atom stereocenters. The van der Waals surface area contributed by atoms with Gasteiger partial charge in [-0.1, -0.05) is 133 Å². The predicted octanol–water partition coefficient (Wildman–Crippen LogP) is 12.5. The average Bonchev–Trinajstić information content (AvgIpc) is 3.55. The number of furan rings is 1. The summed E-state index contributed by atoms with van der Waals surface area (Å²) < 4.78 is 6.12. The van der Waals surface area contributed by atoms with Gasteiger partial charge in [0.1, 0.15) is 11.2 Å². The Hall–Kier alpha value is -6.58. The third-order valence-corrected chi connectivity index (χ3v) is 9.64. The number of fused-ring (bicyclic) bond motifs is 7. The fourth-order valence-corrected chi connectivity index (χ4v) is 7.31. The highest BCUT2D eigenvalue weighted by molar-refractivity contribution is 6.21. The van der Waals surface area contributed by atoms with Gasteiger partial charge in [-0.3, -0.25) is 0 Å². The Kier molecular flexibility index (Phi) is 6.18. The van der Waals surface area contributed by atoms with Gasteiger partial charge >= 0.3 is 0 Å². The molecular formula is C46H28N2O. The lowest BCUT2D eigenvalue weighted by Crippen LogP contribution is -1.97. The molecule has 0 bridgehead atoms. The van der Waals surface area contributed by atoms with Crippen LogP contribution in [0, 0.1) is 0 Å². The quantitative estimate of drug-likeness (QED) is 0.144. The van der Waals surface area contributed by atoms with Gasteiger partial charge in [-0.2, -0.15) is 0 Å². The molecule has 2 aromatic heterocycles. The van der Waals surface area contributed by atoms with Crippen LogP contribution in [0.4, 0.5) is 0 Å². The van der Waals surface area contributed by atoms with E-state index in [1.165, 1.54) is 32.3 Å². The lowest BCUT2D eigenvalue weighted by atomic mass is 9.90. The summed E-state index contributed by atoms with van der Waals surface area (Å²) in [6.45, 7) is 0. The van der Waals surface area contributed by atoms with Crippen molar-refractivity contribution in [1.82, 2.24) is 9.97 Å². The number of aromatic nitrogens is 2. The second kappa shape index (κ2) is 11.0. The van der Waals surface area contributed by atoms with Gasteiger partial charge in [-0.15, -0.1) is 0 Å². The molecular weight excluding hydrogens is 597 g/mol. The summed E-state index contributed by atoms with van der Waals surface area (Å²) in [5.41, 5.74) is 8.96. The van der Waals surface area contributed by atoms with Crippen LogP contribution < -0.4 is 0 Å². The lowest BCUT2D eigenvalue weighted by Gasteiger charge is -2.16. The number of hydrogen-bond acceptors (Lipinski definition) is 3. The summed E-state index contributed by atoms with van der Waals surface area (Å²) in [5, 5.41) is 9.41. The minimum absolute atomic E-state index is 0.700. The SMILES string of the molecule is c1ccc(-c2nc(-c3cccc(-c4ccc5oc6ccccc6c5c4)c3)cc(-c3c4ccccc4cc4ccc5ccccc5c34)n2)cc1. The molecule has 0 radical (unpaired) electrons. The number of rotatable bonds is 4. The van der Waals surface area contributed by atoms with E-state index in [4.69, 9.17) is 14.4 Å². The van der Waals surface area contributed by atoms with Gasteiger partial charge in [0, 0.05) is 27.5 Å². The van der Waals surface area contributed by atoms with E-state index in [9.17, 15) is 0 Å². The molecule has 0 N–H and O–H groups in total. The van der Waals surface area contributed by atoms with Crippen molar-refractivity contribution in [1.29, 1.82) is 0 Å². The molecule has 0 fully saturated rings. The fourth-order valence-electron chi connectivity index (χ4n) is 7.31. The summed E-state index contributed by atoms with van der Waals surface area (Å²) in [7, 11) is 0. The Balaban J connectivity index is 1.22. The second-order valence-electron chi connectivity index (χ2n) is 12.6. The molecule has 49 heavy (non-hydrogen) atoms. The van der Waals surface area contributed by atoms with Crippen LogP contribution in [0.2, 0.25) is 0 Å². The highest BCUT2D eigenvalue weighted by atomic mass is 16.3. The first-order valence-corrected chi connectivity index (χ1v) is 16.6. The summed E-state index contributed by atoms with van der Waals surface area (Å²) in [5.74, 6) is 0.700. The third kappa shape index (κ3) is 4.59. The molecule has 0 aliphatic heterocycles.